The summed E-state index contributed by atoms with van der Waals surface area (Å²) in [7, 11) is 1.36. The summed E-state index contributed by atoms with van der Waals surface area (Å²) in [6, 6.07) is 6.59. The SMILES string of the molecule is COc1ccc([C@@H]2CC(=O)c3c(O)cc(O[C@@H]4O[C@H](CO[C@@H]5O[C@@H](C)[C@H](O)[C@@H](O)[C@H]5O)[C@@H](O[C@H]5O[C@H](CO)[C@@H](O[C@H]6O[C@H](CO)[C@@H](O)[C@H](O)[C@H]6O)[C@H](O)[C@H]5O)[C@H](O)[C@H]4O)cc3O2)cc1O. The van der Waals surface area contributed by atoms with Crippen LogP contribution in [0.3, 0.4) is 0 Å². The zero-order valence-electron chi connectivity index (χ0n) is 34.6. The number of fused-ring (bicyclic) bond motifs is 1. The lowest BCUT2D eigenvalue weighted by molar-refractivity contribution is -0.379. The van der Waals surface area contributed by atoms with E-state index in [0.29, 0.717) is 5.56 Å². The van der Waals surface area contributed by atoms with Gasteiger partial charge in [-0.3, -0.25) is 4.79 Å². The van der Waals surface area contributed by atoms with Gasteiger partial charge in [-0.25, -0.2) is 0 Å². The van der Waals surface area contributed by atoms with Crippen molar-refractivity contribution in [2.24, 2.45) is 0 Å². The average molecular weight is 935 g/mol. The first-order valence-electron chi connectivity index (χ1n) is 20.5. The Bertz CT molecular complexity index is 1940. The molecule has 0 unspecified atom stereocenters. The summed E-state index contributed by atoms with van der Waals surface area (Å²) in [5.74, 6) is -1.57. The van der Waals surface area contributed by atoms with Crippen LogP contribution in [0.4, 0.5) is 0 Å². The number of methoxy groups -OCH3 is 1. The van der Waals surface area contributed by atoms with E-state index in [2.05, 4.69) is 0 Å². The maximum atomic E-state index is 13.2. The predicted octanol–water partition coefficient (Wildman–Crippen LogP) is -5.51. The molecule has 2 aromatic carbocycles. The fourth-order valence-electron chi connectivity index (χ4n) is 8.18. The van der Waals surface area contributed by atoms with Crippen LogP contribution in [0.1, 0.15) is 35.4 Å². The second kappa shape index (κ2) is 20.3. The van der Waals surface area contributed by atoms with E-state index in [-0.39, 0.29) is 35.0 Å². The molecule has 0 bridgehead atoms. The highest BCUT2D eigenvalue weighted by Gasteiger charge is 2.54. The van der Waals surface area contributed by atoms with Gasteiger partial charge >= 0.3 is 0 Å². The van der Waals surface area contributed by atoms with Crippen LogP contribution >= 0.6 is 0 Å². The molecule has 2 aromatic rings. The van der Waals surface area contributed by atoms with E-state index in [1.807, 2.05) is 0 Å². The molecule has 0 amide bonds. The molecule has 65 heavy (non-hydrogen) atoms. The first-order chi connectivity index (χ1) is 30.9. The second-order valence-electron chi connectivity index (χ2n) is 16.2. The maximum absolute atomic E-state index is 13.2. The minimum absolute atomic E-state index is 0.156. The van der Waals surface area contributed by atoms with E-state index in [9.17, 15) is 76.3 Å². The van der Waals surface area contributed by atoms with E-state index >= 15 is 0 Å². The summed E-state index contributed by atoms with van der Waals surface area (Å²) in [4.78, 5) is 13.2. The van der Waals surface area contributed by atoms with Crippen molar-refractivity contribution in [3.63, 3.8) is 0 Å². The van der Waals surface area contributed by atoms with Gasteiger partial charge in [-0.05, 0) is 24.6 Å². The number of Topliss-reactive ketones (excluding diaryl/α,β-unsaturated/α-hetero) is 1. The summed E-state index contributed by atoms with van der Waals surface area (Å²) in [6.07, 6.45) is -36.6. The number of aliphatic hydroxyl groups is 12. The van der Waals surface area contributed by atoms with E-state index in [4.69, 9.17) is 47.4 Å². The number of benzene rings is 2. The molecule has 5 heterocycles. The van der Waals surface area contributed by atoms with Crippen molar-refractivity contribution in [2.75, 3.05) is 26.9 Å². The molecule has 7 rings (SSSR count). The van der Waals surface area contributed by atoms with Crippen LogP contribution in [-0.2, 0) is 33.2 Å². The van der Waals surface area contributed by atoms with Gasteiger partial charge in [-0.1, -0.05) is 6.07 Å². The van der Waals surface area contributed by atoms with Gasteiger partial charge in [-0.15, -0.1) is 0 Å². The lowest BCUT2D eigenvalue weighted by Gasteiger charge is -2.48. The normalized spacial score (nSPS) is 42.2. The number of rotatable bonds is 13. The third-order valence-corrected chi connectivity index (χ3v) is 11.9. The van der Waals surface area contributed by atoms with Crippen LogP contribution in [0.15, 0.2) is 30.3 Å². The molecule has 0 radical (unpaired) electrons. The zero-order chi connectivity index (χ0) is 47.2. The number of carbonyl (C=O) groups is 1. The monoisotopic (exact) mass is 934 g/mol. The smallest absolute Gasteiger partial charge is 0.229 e. The van der Waals surface area contributed by atoms with E-state index in [0.717, 1.165) is 6.07 Å². The van der Waals surface area contributed by atoms with Crippen LogP contribution in [0.25, 0.3) is 0 Å². The summed E-state index contributed by atoms with van der Waals surface area (Å²) in [5, 5.41) is 149. The molecule has 364 valence electrons. The largest absolute Gasteiger partial charge is 0.507 e. The first-order valence-corrected chi connectivity index (χ1v) is 20.5. The lowest BCUT2D eigenvalue weighted by atomic mass is 9.95. The Balaban J connectivity index is 1.11. The molecule has 25 nitrogen and oxygen atoms in total. The highest BCUT2D eigenvalue weighted by Crippen LogP contribution is 2.44. The third-order valence-electron chi connectivity index (χ3n) is 11.9. The van der Waals surface area contributed by atoms with Gasteiger partial charge in [0.15, 0.2) is 36.2 Å². The number of aromatic hydroxyl groups is 2. The molecule has 14 N–H and O–H groups in total. The van der Waals surface area contributed by atoms with E-state index < -0.39 is 160 Å². The molecule has 4 saturated heterocycles. The van der Waals surface area contributed by atoms with Crippen molar-refractivity contribution < 1.29 is 124 Å². The molecule has 0 aromatic heterocycles. The lowest BCUT2D eigenvalue weighted by Crippen LogP contribution is -2.67. The van der Waals surface area contributed by atoms with Gasteiger partial charge in [0, 0.05) is 12.1 Å². The van der Waals surface area contributed by atoms with Crippen molar-refractivity contribution in [3.05, 3.63) is 41.5 Å². The molecule has 5 aliphatic rings. The van der Waals surface area contributed by atoms with Gasteiger partial charge in [0.25, 0.3) is 0 Å². The van der Waals surface area contributed by atoms with Gasteiger partial charge < -0.3 is 119 Å². The van der Waals surface area contributed by atoms with Crippen LogP contribution < -0.4 is 14.2 Å². The average Bonchev–Trinajstić information content (AvgIpc) is 3.28. The van der Waals surface area contributed by atoms with Crippen LogP contribution in [-0.4, -0.2) is 227 Å². The number of hydrogen-bond acceptors (Lipinski definition) is 25. The Morgan fingerprint density at radius 3 is 1.82 bits per heavy atom. The standard InChI is InChI=1S/C40H54O25/c1-12-25(46)27(48)31(52)37(58-12)57-11-23-36(65-40-34(55)29(50)35(22(10-42)62-40)64-39-32(53)28(49)26(47)21(9-41)61-39)30(51)33(54)38(63-23)59-14-6-16(44)24-17(45)8-19(60-20(24)7-14)13-3-4-18(56-2)15(43)5-13/h3-7,12,19,21-23,25-44,46-55H,8-11H2,1-2H3/t12-,19-,21+,22+,23+,25-,26+,27+,28-,29+,30+,31+,32+,33+,34+,35+,36+,37+,38+,39+,40+/m0/s1. The van der Waals surface area contributed by atoms with E-state index in [1.54, 1.807) is 6.07 Å². The Kier molecular flexibility index (Phi) is 15.4. The summed E-state index contributed by atoms with van der Waals surface area (Å²) < 4.78 is 56.7. The van der Waals surface area contributed by atoms with E-state index in [1.165, 1.54) is 32.2 Å². The Morgan fingerprint density at radius 2 is 1.18 bits per heavy atom. The maximum Gasteiger partial charge on any atom is 0.229 e. The summed E-state index contributed by atoms with van der Waals surface area (Å²) in [6.45, 7) is -1.11. The van der Waals surface area contributed by atoms with Gasteiger partial charge in [0.05, 0.1) is 39.5 Å². The van der Waals surface area contributed by atoms with Crippen LogP contribution in [0, 0.1) is 0 Å². The van der Waals surface area contributed by atoms with Crippen LogP contribution in [0.2, 0.25) is 0 Å². The fourth-order valence-corrected chi connectivity index (χ4v) is 8.18. The van der Waals surface area contributed by atoms with Gasteiger partial charge in [0.2, 0.25) is 6.29 Å². The number of phenols is 2. The van der Waals surface area contributed by atoms with Crippen molar-refractivity contribution >= 4 is 5.78 Å². The van der Waals surface area contributed by atoms with Gasteiger partial charge in [0.1, 0.15) is 120 Å². The highest BCUT2D eigenvalue weighted by atomic mass is 16.8. The van der Waals surface area contributed by atoms with Crippen molar-refractivity contribution in [1.29, 1.82) is 0 Å². The molecule has 0 spiro atoms. The van der Waals surface area contributed by atoms with Crippen LogP contribution in [0.5, 0.6) is 28.7 Å². The Labute approximate surface area is 368 Å². The minimum Gasteiger partial charge on any atom is -0.507 e. The predicted molar refractivity (Wildman–Crippen MR) is 206 cm³/mol. The number of carbonyl (C=O) groups excluding carboxylic acids is 1. The van der Waals surface area contributed by atoms with Crippen molar-refractivity contribution in [2.45, 2.75) is 142 Å². The summed E-state index contributed by atoms with van der Waals surface area (Å²) in [5.41, 5.74) is 0.195. The second-order valence-corrected chi connectivity index (χ2v) is 16.2. The highest BCUT2D eigenvalue weighted by molar-refractivity contribution is 6.02. The first kappa shape index (κ1) is 49.3. The molecule has 21 atom stereocenters. The number of aliphatic hydroxyl groups excluding tert-OH is 12. The molecular weight excluding hydrogens is 880 g/mol. The van der Waals surface area contributed by atoms with Gasteiger partial charge in [-0.2, -0.15) is 0 Å². The third kappa shape index (κ3) is 9.86. The number of ketones is 1. The molecule has 25 heteroatoms. The number of hydrogen-bond donors (Lipinski definition) is 14. The Morgan fingerprint density at radius 1 is 0.615 bits per heavy atom. The summed E-state index contributed by atoms with van der Waals surface area (Å²) >= 11 is 0. The topological polar surface area (TPSA) is 393 Å². The molecule has 0 saturated carbocycles. The number of ether oxygens (including phenoxy) is 10. The molecule has 4 fully saturated rings. The molecular formula is C40H54O25. The number of phenolic OH excluding ortho intramolecular Hbond substituents is 2. The fraction of sp³-hybridized carbons (Fsp3) is 0.675. The van der Waals surface area contributed by atoms with Crippen molar-refractivity contribution in [3.8, 4) is 28.7 Å². The van der Waals surface area contributed by atoms with Crippen molar-refractivity contribution in [1.82, 2.24) is 0 Å². The quantitative estimate of drug-likeness (QED) is 0.0891. The zero-order valence-corrected chi connectivity index (χ0v) is 34.6. The molecule has 5 aliphatic heterocycles. The molecule has 0 aliphatic carbocycles. The Hall–Kier alpha value is -3.65. The minimum atomic E-state index is -2.11.